The van der Waals surface area contributed by atoms with Crippen LogP contribution < -0.4 is 23.8 Å². The maximum atomic E-state index is 12.3. The molecule has 9 heteroatoms. The molecule has 0 saturated heterocycles. The standard InChI is InChI=1S/C20H26N2O6S/c1-15-5-7-16(8-6-15)28-12-11-21-20(23)14-22(29(4,24)25)18-13-17(26-2)9-10-19(18)27-3/h5-10,13H,11-12,14H2,1-4H3,(H,21,23). The lowest BCUT2D eigenvalue weighted by Gasteiger charge is -2.24. The first kappa shape index (κ1) is 22.4. The third kappa shape index (κ3) is 6.56. The number of nitrogens with zero attached hydrogens (tertiary/aromatic N) is 1. The van der Waals surface area contributed by atoms with Crippen LogP contribution in [0.1, 0.15) is 5.56 Å². The molecule has 0 aliphatic carbocycles. The zero-order chi connectivity index (χ0) is 21.4. The first-order valence-electron chi connectivity index (χ1n) is 8.90. The molecule has 1 N–H and O–H groups in total. The molecular formula is C20H26N2O6S. The van der Waals surface area contributed by atoms with E-state index in [1.807, 2.05) is 31.2 Å². The van der Waals surface area contributed by atoms with Gasteiger partial charge in [0.2, 0.25) is 15.9 Å². The Kier molecular flexibility index (Phi) is 7.72. The largest absolute Gasteiger partial charge is 0.497 e. The van der Waals surface area contributed by atoms with Gasteiger partial charge in [-0.1, -0.05) is 17.7 Å². The minimum absolute atomic E-state index is 0.223. The van der Waals surface area contributed by atoms with E-state index in [1.54, 1.807) is 12.1 Å². The second-order valence-corrected chi connectivity index (χ2v) is 8.23. The predicted molar refractivity (Wildman–Crippen MR) is 111 cm³/mol. The molecule has 2 aromatic carbocycles. The van der Waals surface area contributed by atoms with Crippen LogP contribution in [0.25, 0.3) is 0 Å². The zero-order valence-corrected chi connectivity index (χ0v) is 17.8. The Bertz CT molecular complexity index is 928. The highest BCUT2D eigenvalue weighted by Crippen LogP contribution is 2.33. The Hall–Kier alpha value is -2.94. The molecule has 8 nitrogen and oxygen atoms in total. The lowest BCUT2D eigenvalue weighted by molar-refractivity contribution is -0.119. The van der Waals surface area contributed by atoms with Crippen molar-refractivity contribution in [3.8, 4) is 17.2 Å². The van der Waals surface area contributed by atoms with Crippen LogP contribution >= 0.6 is 0 Å². The van der Waals surface area contributed by atoms with Crippen molar-refractivity contribution in [3.05, 3.63) is 48.0 Å². The molecule has 0 fully saturated rings. The van der Waals surface area contributed by atoms with Gasteiger partial charge in [0.05, 0.1) is 32.7 Å². The summed E-state index contributed by atoms with van der Waals surface area (Å²) in [7, 11) is -0.848. The van der Waals surface area contributed by atoms with Crippen molar-refractivity contribution in [2.75, 3.05) is 44.5 Å². The normalized spacial score (nSPS) is 10.9. The molecule has 2 rings (SSSR count). The molecule has 0 heterocycles. The van der Waals surface area contributed by atoms with Crippen LogP contribution in [-0.4, -0.2) is 54.5 Å². The molecule has 0 radical (unpaired) electrons. The van der Waals surface area contributed by atoms with Gasteiger partial charge in [0.15, 0.2) is 0 Å². The summed E-state index contributed by atoms with van der Waals surface area (Å²) in [6.45, 7) is 2.08. The molecule has 0 bridgehead atoms. The van der Waals surface area contributed by atoms with E-state index < -0.39 is 22.5 Å². The number of rotatable bonds is 10. The first-order chi connectivity index (χ1) is 13.7. The van der Waals surface area contributed by atoms with Crippen LogP contribution in [0, 0.1) is 6.92 Å². The zero-order valence-electron chi connectivity index (χ0n) is 17.0. The molecule has 29 heavy (non-hydrogen) atoms. The van der Waals surface area contributed by atoms with Crippen LogP contribution in [0.3, 0.4) is 0 Å². The van der Waals surface area contributed by atoms with Crippen molar-refractivity contribution >= 4 is 21.6 Å². The molecular weight excluding hydrogens is 396 g/mol. The monoisotopic (exact) mass is 422 g/mol. The van der Waals surface area contributed by atoms with Crippen LogP contribution in [-0.2, 0) is 14.8 Å². The Morgan fingerprint density at radius 3 is 2.28 bits per heavy atom. The number of nitrogens with one attached hydrogen (secondary N) is 1. The molecule has 0 spiro atoms. The van der Waals surface area contributed by atoms with Crippen LogP contribution in [0.2, 0.25) is 0 Å². The number of carbonyl (C=O) groups excluding carboxylic acids is 1. The van der Waals surface area contributed by atoms with Gasteiger partial charge >= 0.3 is 0 Å². The summed E-state index contributed by atoms with van der Waals surface area (Å²) < 4.78 is 41.5. The Morgan fingerprint density at radius 1 is 1.03 bits per heavy atom. The van der Waals surface area contributed by atoms with Gasteiger partial charge in [-0.2, -0.15) is 0 Å². The maximum Gasteiger partial charge on any atom is 0.240 e. The van der Waals surface area contributed by atoms with E-state index in [1.165, 1.54) is 20.3 Å². The highest BCUT2D eigenvalue weighted by atomic mass is 32.2. The van der Waals surface area contributed by atoms with E-state index in [9.17, 15) is 13.2 Å². The molecule has 158 valence electrons. The molecule has 0 saturated carbocycles. The number of carbonyl (C=O) groups is 1. The smallest absolute Gasteiger partial charge is 0.240 e. The summed E-state index contributed by atoms with van der Waals surface area (Å²) in [6.07, 6.45) is 1.03. The van der Waals surface area contributed by atoms with Gasteiger partial charge < -0.3 is 19.5 Å². The van der Waals surface area contributed by atoms with Crippen molar-refractivity contribution < 1.29 is 27.4 Å². The molecule has 1 amide bonds. The summed E-state index contributed by atoms with van der Waals surface area (Å²) in [5, 5.41) is 2.66. The van der Waals surface area contributed by atoms with Gasteiger partial charge in [0.25, 0.3) is 0 Å². The predicted octanol–water partition coefficient (Wildman–Crippen LogP) is 1.97. The lowest BCUT2D eigenvalue weighted by Crippen LogP contribution is -2.41. The van der Waals surface area contributed by atoms with Gasteiger partial charge in [-0.3, -0.25) is 9.10 Å². The van der Waals surface area contributed by atoms with Crippen molar-refractivity contribution in [2.24, 2.45) is 0 Å². The average Bonchev–Trinajstić information content (AvgIpc) is 2.69. The Labute approximate surface area is 171 Å². The van der Waals surface area contributed by atoms with Gasteiger partial charge in [0, 0.05) is 6.07 Å². The molecule has 0 unspecified atom stereocenters. The quantitative estimate of drug-likeness (QED) is 0.589. The number of methoxy groups -OCH3 is 2. The summed E-state index contributed by atoms with van der Waals surface area (Å²) in [6, 6.07) is 12.3. The van der Waals surface area contributed by atoms with Crippen molar-refractivity contribution in [1.82, 2.24) is 5.32 Å². The van der Waals surface area contributed by atoms with Crippen molar-refractivity contribution in [1.29, 1.82) is 0 Å². The van der Waals surface area contributed by atoms with E-state index in [0.29, 0.717) is 17.2 Å². The fourth-order valence-corrected chi connectivity index (χ4v) is 3.40. The van der Waals surface area contributed by atoms with E-state index in [-0.39, 0.29) is 18.8 Å². The lowest BCUT2D eigenvalue weighted by atomic mass is 10.2. The fourth-order valence-electron chi connectivity index (χ4n) is 2.55. The Balaban J connectivity index is 2.01. The summed E-state index contributed by atoms with van der Waals surface area (Å²) in [4.78, 5) is 12.3. The van der Waals surface area contributed by atoms with Gasteiger partial charge in [-0.05, 0) is 31.2 Å². The summed E-state index contributed by atoms with van der Waals surface area (Å²) in [5.74, 6) is 0.990. The molecule has 2 aromatic rings. The van der Waals surface area contributed by atoms with E-state index >= 15 is 0 Å². The number of ether oxygens (including phenoxy) is 3. The maximum absolute atomic E-state index is 12.3. The average molecular weight is 423 g/mol. The van der Waals surface area contributed by atoms with E-state index in [0.717, 1.165) is 16.1 Å². The topological polar surface area (TPSA) is 94.2 Å². The van der Waals surface area contributed by atoms with Gasteiger partial charge in [-0.25, -0.2) is 8.42 Å². The molecule has 0 aliphatic heterocycles. The number of hydrogen-bond donors (Lipinski definition) is 1. The van der Waals surface area contributed by atoms with Crippen molar-refractivity contribution in [2.45, 2.75) is 6.92 Å². The van der Waals surface area contributed by atoms with Crippen molar-refractivity contribution in [3.63, 3.8) is 0 Å². The Morgan fingerprint density at radius 2 is 1.69 bits per heavy atom. The second kappa shape index (κ2) is 10.0. The van der Waals surface area contributed by atoms with Crippen LogP contribution in [0.5, 0.6) is 17.2 Å². The first-order valence-corrected chi connectivity index (χ1v) is 10.8. The summed E-state index contributed by atoms with van der Waals surface area (Å²) >= 11 is 0. The minimum atomic E-state index is -3.74. The second-order valence-electron chi connectivity index (χ2n) is 6.32. The highest BCUT2D eigenvalue weighted by Gasteiger charge is 2.24. The van der Waals surface area contributed by atoms with Crippen LogP contribution in [0.15, 0.2) is 42.5 Å². The van der Waals surface area contributed by atoms with Gasteiger partial charge in [-0.15, -0.1) is 0 Å². The summed E-state index contributed by atoms with van der Waals surface area (Å²) in [5.41, 5.74) is 1.35. The van der Waals surface area contributed by atoms with Crippen LogP contribution in [0.4, 0.5) is 5.69 Å². The fraction of sp³-hybridized carbons (Fsp3) is 0.350. The SMILES string of the molecule is COc1ccc(OC)c(N(CC(=O)NCCOc2ccc(C)cc2)S(C)(=O)=O)c1. The number of benzene rings is 2. The van der Waals surface area contributed by atoms with E-state index in [4.69, 9.17) is 14.2 Å². The number of anilines is 1. The molecule has 0 atom stereocenters. The van der Waals surface area contributed by atoms with Gasteiger partial charge in [0.1, 0.15) is 30.4 Å². The molecule has 0 aliphatic rings. The third-order valence-corrected chi connectivity index (χ3v) is 5.18. The number of aryl methyl sites for hydroxylation is 1. The highest BCUT2D eigenvalue weighted by molar-refractivity contribution is 7.92. The number of amides is 1. The minimum Gasteiger partial charge on any atom is -0.497 e. The third-order valence-electron chi connectivity index (χ3n) is 4.06. The van der Waals surface area contributed by atoms with E-state index in [2.05, 4.69) is 5.32 Å². The molecule has 0 aromatic heterocycles. The number of hydrogen-bond acceptors (Lipinski definition) is 6. The number of sulfonamides is 1.